The number of benzene rings is 1. The lowest BCUT2D eigenvalue weighted by atomic mass is 9.95. The first-order valence-corrected chi connectivity index (χ1v) is 27.0. The van der Waals surface area contributed by atoms with E-state index in [1.165, 1.54) is 111 Å². The van der Waals surface area contributed by atoms with Crippen LogP contribution in [0.4, 0.5) is 0 Å². The normalized spacial score (nSPS) is 12.0. The maximum atomic E-state index is 13.5. The van der Waals surface area contributed by atoms with Crippen LogP contribution in [-0.4, -0.2) is 42.3 Å². The molecule has 3 rings (SSSR count). The zero-order chi connectivity index (χ0) is 35.5. The van der Waals surface area contributed by atoms with Gasteiger partial charge in [-0.2, -0.15) is 0 Å². The number of methoxy groups -OCH3 is 2. The lowest BCUT2D eigenvalue weighted by Crippen LogP contribution is -2.37. The molecule has 266 valence electrons. The summed E-state index contributed by atoms with van der Waals surface area (Å²) in [7, 11) is -0.425. The fourth-order valence-electron chi connectivity index (χ4n) is 6.52. The topological polar surface area (TPSA) is 52.6 Å². The standard InChI is InChI=1S/C40H62O4S2Si2/c1-11-13-15-17-19-21-23-29-25-35(45-39(29)47(5,6)7)31-27-34(38(42)44-4)32(28-33(31)37(41)43-3)36-26-30(40(46-36)48(8,9)10)24-22-20-18-16-14-12-2/h25-28H,11-24H2,1-10H3. The molecule has 0 aliphatic carbocycles. The number of esters is 2. The van der Waals surface area contributed by atoms with Crippen molar-refractivity contribution in [1.82, 2.24) is 0 Å². The SMILES string of the molecule is CCCCCCCCc1cc(-c2cc(C(=O)OC)c(-c3cc(CCCCCCCC)c([Si](C)(C)C)s3)cc2C(=O)OC)sc1[Si](C)(C)C. The first kappa shape index (κ1) is 40.4. The summed E-state index contributed by atoms with van der Waals surface area (Å²) in [5, 5.41) is 0. The molecule has 0 unspecified atom stereocenters. The average molecular weight is 727 g/mol. The minimum absolute atomic E-state index is 0.377. The van der Waals surface area contributed by atoms with Crippen LogP contribution in [-0.2, 0) is 22.3 Å². The molecule has 4 nitrogen and oxygen atoms in total. The van der Waals surface area contributed by atoms with Gasteiger partial charge < -0.3 is 9.47 Å². The Hall–Kier alpha value is -2.01. The summed E-state index contributed by atoms with van der Waals surface area (Å²) in [6, 6.07) is 8.39. The van der Waals surface area contributed by atoms with Gasteiger partial charge in [-0.1, -0.05) is 117 Å². The number of hydrogen-bond donors (Lipinski definition) is 0. The molecule has 0 aliphatic rings. The van der Waals surface area contributed by atoms with Crippen molar-refractivity contribution in [2.75, 3.05) is 14.2 Å². The van der Waals surface area contributed by atoms with E-state index in [9.17, 15) is 9.59 Å². The van der Waals surface area contributed by atoms with Crippen molar-refractivity contribution >= 4 is 59.8 Å². The molecular weight excluding hydrogens is 665 g/mol. The highest BCUT2D eigenvalue weighted by Gasteiger charge is 2.29. The first-order chi connectivity index (χ1) is 22.8. The molecule has 0 spiro atoms. The summed E-state index contributed by atoms with van der Waals surface area (Å²) < 4.78 is 13.7. The second-order valence-corrected chi connectivity index (χ2v) is 28.2. The average Bonchev–Trinajstić information content (AvgIpc) is 3.68. The van der Waals surface area contributed by atoms with Crippen LogP contribution in [0.2, 0.25) is 39.3 Å². The van der Waals surface area contributed by atoms with Crippen LogP contribution in [0.5, 0.6) is 0 Å². The number of hydrogen-bond acceptors (Lipinski definition) is 6. The second-order valence-electron chi connectivity index (χ2n) is 15.4. The highest BCUT2D eigenvalue weighted by Crippen LogP contribution is 2.39. The summed E-state index contributed by atoms with van der Waals surface area (Å²) in [5.74, 6) is -0.755. The van der Waals surface area contributed by atoms with Crippen molar-refractivity contribution in [3.63, 3.8) is 0 Å². The minimum Gasteiger partial charge on any atom is -0.465 e. The van der Waals surface area contributed by atoms with Crippen molar-refractivity contribution < 1.29 is 19.1 Å². The molecule has 0 saturated carbocycles. The summed E-state index contributed by atoms with van der Waals surface area (Å²) in [6.07, 6.45) is 17.2. The van der Waals surface area contributed by atoms with E-state index in [0.717, 1.165) is 33.7 Å². The van der Waals surface area contributed by atoms with E-state index in [4.69, 9.17) is 9.47 Å². The fraction of sp³-hybridized carbons (Fsp3) is 0.600. The quantitative estimate of drug-likeness (QED) is 0.0661. The third-order valence-electron chi connectivity index (χ3n) is 9.08. The van der Waals surface area contributed by atoms with Crippen LogP contribution in [0.15, 0.2) is 24.3 Å². The molecule has 3 aromatic rings. The monoisotopic (exact) mass is 726 g/mol. The Kier molecular flexibility index (Phi) is 15.9. The van der Waals surface area contributed by atoms with E-state index in [-0.39, 0.29) is 11.9 Å². The van der Waals surface area contributed by atoms with Crippen LogP contribution >= 0.6 is 22.7 Å². The van der Waals surface area contributed by atoms with Gasteiger partial charge in [0.25, 0.3) is 0 Å². The summed E-state index contributed by atoms with van der Waals surface area (Å²) in [6.45, 7) is 18.9. The van der Waals surface area contributed by atoms with Gasteiger partial charge >= 0.3 is 11.9 Å². The lowest BCUT2D eigenvalue weighted by Gasteiger charge is -2.17. The van der Waals surface area contributed by atoms with E-state index in [1.807, 2.05) is 12.1 Å². The van der Waals surface area contributed by atoms with Crippen LogP contribution in [0.3, 0.4) is 0 Å². The maximum absolute atomic E-state index is 13.5. The van der Waals surface area contributed by atoms with Crippen LogP contribution in [0.25, 0.3) is 20.9 Å². The number of unbranched alkanes of at least 4 members (excludes halogenated alkanes) is 10. The number of carbonyl (C=O) groups is 2. The number of thiophene rings is 2. The van der Waals surface area contributed by atoms with E-state index < -0.39 is 16.1 Å². The zero-order valence-electron chi connectivity index (χ0n) is 31.7. The van der Waals surface area contributed by atoms with Crippen molar-refractivity contribution in [3.05, 3.63) is 46.5 Å². The highest BCUT2D eigenvalue weighted by molar-refractivity contribution is 7.29. The van der Waals surface area contributed by atoms with E-state index in [2.05, 4.69) is 65.3 Å². The van der Waals surface area contributed by atoms with Gasteiger partial charge in [0, 0.05) is 20.9 Å². The van der Waals surface area contributed by atoms with Gasteiger partial charge in [-0.3, -0.25) is 0 Å². The van der Waals surface area contributed by atoms with Crippen molar-refractivity contribution in [3.8, 4) is 20.9 Å². The van der Waals surface area contributed by atoms with Crippen molar-refractivity contribution in [2.45, 2.75) is 143 Å². The Morgan fingerprint density at radius 2 is 0.875 bits per heavy atom. The Bertz CT molecular complexity index is 1380. The molecule has 2 aromatic heterocycles. The zero-order valence-corrected chi connectivity index (χ0v) is 35.3. The molecule has 0 atom stereocenters. The predicted octanol–water partition coefficient (Wildman–Crippen LogP) is 11.6. The second kappa shape index (κ2) is 18.8. The van der Waals surface area contributed by atoms with Crippen LogP contribution in [0.1, 0.15) is 123 Å². The lowest BCUT2D eigenvalue weighted by molar-refractivity contribution is 0.0588. The largest absolute Gasteiger partial charge is 0.465 e. The molecule has 0 amide bonds. The smallest absolute Gasteiger partial charge is 0.338 e. The molecule has 0 fully saturated rings. The summed E-state index contributed by atoms with van der Waals surface area (Å²) in [4.78, 5) is 29.0. The number of aryl methyl sites for hydroxylation is 2. The van der Waals surface area contributed by atoms with Gasteiger partial charge in [-0.05, 0) is 70.1 Å². The van der Waals surface area contributed by atoms with Gasteiger partial charge in [0.15, 0.2) is 0 Å². The number of ether oxygens (including phenoxy) is 2. The molecule has 8 heteroatoms. The third-order valence-corrected chi connectivity index (χ3v) is 18.8. The van der Waals surface area contributed by atoms with Crippen molar-refractivity contribution in [2.24, 2.45) is 0 Å². The summed E-state index contributed by atoms with van der Waals surface area (Å²) >= 11 is 3.60. The van der Waals surface area contributed by atoms with Gasteiger partial charge in [0.2, 0.25) is 0 Å². The molecule has 2 heterocycles. The van der Waals surface area contributed by atoms with Gasteiger partial charge in [0.1, 0.15) is 0 Å². The summed E-state index contributed by atoms with van der Waals surface area (Å²) in [5.41, 5.74) is 5.35. The fourth-order valence-corrected chi connectivity index (χ4v) is 13.9. The Labute approximate surface area is 302 Å². The van der Waals surface area contributed by atoms with E-state index in [0.29, 0.717) is 11.1 Å². The van der Waals surface area contributed by atoms with Crippen LogP contribution in [0, 0.1) is 0 Å². The highest BCUT2D eigenvalue weighted by atomic mass is 32.1. The molecule has 48 heavy (non-hydrogen) atoms. The molecule has 0 saturated heterocycles. The van der Waals surface area contributed by atoms with Crippen LogP contribution < -0.4 is 9.00 Å². The first-order valence-electron chi connectivity index (χ1n) is 18.4. The molecule has 0 radical (unpaired) electrons. The van der Waals surface area contributed by atoms with Gasteiger partial charge in [0.05, 0.1) is 41.5 Å². The van der Waals surface area contributed by atoms with E-state index in [1.54, 1.807) is 22.7 Å². The Morgan fingerprint density at radius 3 is 1.19 bits per heavy atom. The number of carbonyl (C=O) groups excluding carboxylic acids is 2. The predicted molar refractivity (Wildman–Crippen MR) is 216 cm³/mol. The van der Waals surface area contributed by atoms with Gasteiger partial charge in [-0.25, -0.2) is 9.59 Å². The molecule has 0 aliphatic heterocycles. The van der Waals surface area contributed by atoms with E-state index >= 15 is 0 Å². The Balaban J connectivity index is 2.12. The van der Waals surface area contributed by atoms with Crippen molar-refractivity contribution in [1.29, 1.82) is 0 Å². The molecule has 1 aromatic carbocycles. The minimum atomic E-state index is -1.66. The molecule has 0 bridgehead atoms. The maximum Gasteiger partial charge on any atom is 0.338 e. The Morgan fingerprint density at radius 1 is 0.542 bits per heavy atom. The van der Waals surface area contributed by atoms with Gasteiger partial charge in [-0.15, -0.1) is 22.7 Å². The molecule has 0 N–H and O–H groups in total. The number of rotatable bonds is 20. The molecular formula is C40H62O4S2Si2. The third kappa shape index (κ3) is 11.0.